The average molecular weight is 260 g/mol. The van der Waals surface area contributed by atoms with Gasteiger partial charge in [0.2, 0.25) is 5.91 Å². The quantitative estimate of drug-likeness (QED) is 0.444. The maximum absolute atomic E-state index is 11.1. The number of hydrogen-bond donors (Lipinski definition) is 1. The van der Waals surface area contributed by atoms with Gasteiger partial charge in [0.15, 0.2) is 0 Å². The van der Waals surface area contributed by atoms with Crippen LogP contribution in [0.25, 0.3) is 0 Å². The molecule has 0 bridgehead atoms. The van der Waals surface area contributed by atoms with Crippen LogP contribution in [0.1, 0.15) is 20.3 Å². The summed E-state index contributed by atoms with van der Waals surface area (Å²) in [6.07, 6.45) is 8.08. The molecule has 0 saturated heterocycles. The lowest BCUT2D eigenvalue weighted by Gasteiger charge is -2.03. The lowest BCUT2D eigenvalue weighted by atomic mass is 10.1. The maximum Gasteiger partial charge on any atom is 0.243 e. The zero-order valence-corrected chi connectivity index (χ0v) is 10.4. The molecule has 0 aliphatic rings. The standard InChI is InChI=1S/C11H18BrNO/c1-10(2)7-9-13-11(14)6-4-3-5-8-12/h3-6,10H,7-9H2,1-2H3,(H,13,14)/b5-3+,6-4+. The molecule has 0 rings (SSSR count). The fourth-order valence-electron chi connectivity index (χ4n) is 0.816. The van der Waals surface area contributed by atoms with Crippen molar-refractivity contribution in [2.24, 2.45) is 5.92 Å². The van der Waals surface area contributed by atoms with Crippen molar-refractivity contribution >= 4 is 21.8 Å². The first-order valence-corrected chi connectivity index (χ1v) is 5.96. The van der Waals surface area contributed by atoms with E-state index in [4.69, 9.17) is 0 Å². The third-order valence-corrected chi connectivity index (χ3v) is 1.98. The molecule has 0 heterocycles. The minimum absolute atomic E-state index is 0.0233. The fourth-order valence-corrected chi connectivity index (χ4v) is 1.03. The fraction of sp³-hybridized carbons (Fsp3) is 0.545. The van der Waals surface area contributed by atoms with Crippen LogP contribution in [0, 0.1) is 5.92 Å². The summed E-state index contributed by atoms with van der Waals surface area (Å²) in [6, 6.07) is 0. The van der Waals surface area contributed by atoms with Gasteiger partial charge in [-0.15, -0.1) is 0 Å². The van der Waals surface area contributed by atoms with Gasteiger partial charge in [-0.25, -0.2) is 0 Å². The normalized spacial score (nSPS) is 11.7. The predicted molar refractivity (Wildman–Crippen MR) is 64.5 cm³/mol. The molecule has 3 heteroatoms. The predicted octanol–water partition coefficient (Wildman–Crippen LogP) is 2.66. The summed E-state index contributed by atoms with van der Waals surface area (Å²) in [5.74, 6) is 0.609. The van der Waals surface area contributed by atoms with Crippen molar-refractivity contribution in [3.8, 4) is 0 Å². The van der Waals surface area contributed by atoms with Crippen LogP contribution in [-0.4, -0.2) is 17.8 Å². The molecule has 14 heavy (non-hydrogen) atoms. The van der Waals surface area contributed by atoms with E-state index >= 15 is 0 Å². The van der Waals surface area contributed by atoms with Gasteiger partial charge in [-0.2, -0.15) is 0 Å². The Hall–Kier alpha value is -0.570. The Bertz CT molecular complexity index is 209. The van der Waals surface area contributed by atoms with Gasteiger partial charge in [0.1, 0.15) is 0 Å². The highest BCUT2D eigenvalue weighted by Crippen LogP contribution is 1.96. The van der Waals surface area contributed by atoms with Gasteiger partial charge in [-0.1, -0.05) is 48.0 Å². The SMILES string of the molecule is CC(C)CCNC(=O)/C=C/C=C/CBr. The molecule has 0 aliphatic heterocycles. The van der Waals surface area contributed by atoms with Gasteiger partial charge < -0.3 is 5.32 Å². The molecule has 2 nitrogen and oxygen atoms in total. The molecule has 0 aromatic heterocycles. The number of carbonyl (C=O) groups excluding carboxylic acids is 1. The van der Waals surface area contributed by atoms with Crippen LogP contribution in [0.3, 0.4) is 0 Å². The van der Waals surface area contributed by atoms with Crippen molar-refractivity contribution in [2.75, 3.05) is 11.9 Å². The monoisotopic (exact) mass is 259 g/mol. The number of nitrogens with one attached hydrogen (secondary N) is 1. The number of alkyl halides is 1. The van der Waals surface area contributed by atoms with Crippen molar-refractivity contribution in [1.29, 1.82) is 0 Å². The zero-order valence-electron chi connectivity index (χ0n) is 8.79. The van der Waals surface area contributed by atoms with Gasteiger partial charge in [0, 0.05) is 18.0 Å². The van der Waals surface area contributed by atoms with E-state index in [-0.39, 0.29) is 5.91 Å². The second kappa shape index (κ2) is 9.00. The van der Waals surface area contributed by atoms with E-state index in [1.165, 1.54) is 0 Å². The topological polar surface area (TPSA) is 29.1 Å². The van der Waals surface area contributed by atoms with Crippen LogP contribution in [0.2, 0.25) is 0 Å². The lowest BCUT2D eigenvalue weighted by molar-refractivity contribution is -0.116. The number of amides is 1. The van der Waals surface area contributed by atoms with Crippen molar-refractivity contribution < 1.29 is 4.79 Å². The third kappa shape index (κ3) is 9.52. The van der Waals surface area contributed by atoms with E-state index in [0.717, 1.165) is 18.3 Å². The van der Waals surface area contributed by atoms with E-state index in [1.807, 2.05) is 12.2 Å². The molecule has 1 amide bonds. The van der Waals surface area contributed by atoms with Crippen LogP contribution >= 0.6 is 15.9 Å². The van der Waals surface area contributed by atoms with Gasteiger partial charge >= 0.3 is 0 Å². The van der Waals surface area contributed by atoms with Gasteiger partial charge in [0.25, 0.3) is 0 Å². The second-order valence-corrected chi connectivity index (χ2v) is 4.06. The number of halogens is 1. The van der Waals surface area contributed by atoms with Gasteiger partial charge in [0.05, 0.1) is 0 Å². The summed E-state index contributed by atoms with van der Waals surface area (Å²) in [6.45, 7) is 5.03. The first-order chi connectivity index (χ1) is 6.66. The van der Waals surface area contributed by atoms with Crippen molar-refractivity contribution in [3.05, 3.63) is 24.3 Å². The molecular weight excluding hydrogens is 242 g/mol. The summed E-state index contributed by atoms with van der Waals surface area (Å²) in [5.41, 5.74) is 0. The Morgan fingerprint density at radius 3 is 2.71 bits per heavy atom. The smallest absolute Gasteiger partial charge is 0.243 e. The second-order valence-electron chi connectivity index (χ2n) is 3.42. The Balaban J connectivity index is 3.55. The molecule has 0 fully saturated rings. The minimum Gasteiger partial charge on any atom is -0.353 e. The van der Waals surface area contributed by atoms with Crippen LogP contribution in [0.4, 0.5) is 0 Å². The maximum atomic E-state index is 11.1. The molecule has 0 atom stereocenters. The molecule has 1 N–H and O–H groups in total. The largest absolute Gasteiger partial charge is 0.353 e. The molecule has 0 aliphatic carbocycles. The Morgan fingerprint density at radius 2 is 2.14 bits per heavy atom. The Morgan fingerprint density at radius 1 is 1.43 bits per heavy atom. The zero-order chi connectivity index (χ0) is 10.8. The van der Waals surface area contributed by atoms with Crippen LogP contribution in [0.15, 0.2) is 24.3 Å². The van der Waals surface area contributed by atoms with Gasteiger partial charge in [-0.05, 0) is 12.3 Å². The Labute approximate surface area is 94.6 Å². The third-order valence-electron chi connectivity index (χ3n) is 1.60. The van der Waals surface area contributed by atoms with Gasteiger partial charge in [-0.3, -0.25) is 4.79 Å². The van der Waals surface area contributed by atoms with E-state index in [0.29, 0.717) is 5.92 Å². The highest BCUT2D eigenvalue weighted by Gasteiger charge is 1.95. The number of carbonyl (C=O) groups is 1. The van der Waals surface area contributed by atoms with E-state index < -0.39 is 0 Å². The molecule has 0 unspecified atom stereocenters. The highest BCUT2D eigenvalue weighted by molar-refractivity contribution is 9.09. The van der Waals surface area contributed by atoms with E-state index in [2.05, 4.69) is 35.1 Å². The molecular formula is C11H18BrNO. The van der Waals surface area contributed by atoms with E-state index in [1.54, 1.807) is 12.2 Å². The molecule has 80 valence electrons. The number of rotatable bonds is 6. The summed E-state index contributed by atoms with van der Waals surface area (Å²) in [5, 5.41) is 3.63. The first kappa shape index (κ1) is 13.4. The highest BCUT2D eigenvalue weighted by atomic mass is 79.9. The number of allylic oxidation sites excluding steroid dienone is 3. The lowest BCUT2D eigenvalue weighted by Crippen LogP contribution is -2.23. The minimum atomic E-state index is -0.0233. The molecule has 0 spiro atoms. The van der Waals surface area contributed by atoms with Crippen LogP contribution in [0.5, 0.6) is 0 Å². The van der Waals surface area contributed by atoms with Crippen LogP contribution < -0.4 is 5.32 Å². The van der Waals surface area contributed by atoms with E-state index in [9.17, 15) is 4.79 Å². The Kier molecular flexibility index (Phi) is 8.64. The van der Waals surface area contributed by atoms with Crippen molar-refractivity contribution in [1.82, 2.24) is 5.32 Å². The van der Waals surface area contributed by atoms with Crippen LogP contribution in [-0.2, 0) is 4.79 Å². The summed E-state index contributed by atoms with van der Waals surface area (Å²) in [7, 11) is 0. The average Bonchev–Trinajstić information content (AvgIpc) is 2.12. The summed E-state index contributed by atoms with van der Waals surface area (Å²) < 4.78 is 0. The molecule has 0 radical (unpaired) electrons. The van der Waals surface area contributed by atoms with Crippen molar-refractivity contribution in [3.63, 3.8) is 0 Å². The first-order valence-electron chi connectivity index (χ1n) is 4.83. The van der Waals surface area contributed by atoms with Crippen molar-refractivity contribution in [2.45, 2.75) is 20.3 Å². The molecule has 0 aromatic rings. The molecule has 0 aromatic carbocycles. The molecule has 0 saturated carbocycles. The number of hydrogen-bond acceptors (Lipinski definition) is 1. The summed E-state index contributed by atoms with van der Waals surface area (Å²) >= 11 is 3.25. The summed E-state index contributed by atoms with van der Waals surface area (Å²) in [4.78, 5) is 11.1.